The van der Waals surface area contributed by atoms with E-state index >= 15 is 0 Å². The van der Waals surface area contributed by atoms with Crippen LogP contribution in [-0.2, 0) is 4.74 Å². The molecule has 0 atom stereocenters. The van der Waals surface area contributed by atoms with Crippen LogP contribution in [0, 0.1) is 0 Å². The average molecular weight is 456 g/mol. The van der Waals surface area contributed by atoms with Gasteiger partial charge >= 0.3 is 0 Å². The van der Waals surface area contributed by atoms with Crippen molar-refractivity contribution < 1.29 is 14.7 Å². The molecular weight excluding hydrogens is 430 g/mol. The van der Waals surface area contributed by atoms with E-state index in [4.69, 9.17) is 9.94 Å². The van der Waals surface area contributed by atoms with Crippen molar-refractivity contribution in [2.75, 3.05) is 36.5 Å². The van der Waals surface area contributed by atoms with Crippen LogP contribution >= 0.6 is 0 Å². The predicted molar refractivity (Wildman–Crippen MR) is 132 cm³/mol. The number of nitrogens with one attached hydrogen (secondary N) is 1. The molecule has 2 N–H and O–H groups in total. The fraction of sp³-hybridized carbons (Fsp3) is 0.192. The Morgan fingerprint density at radius 2 is 1.82 bits per heavy atom. The summed E-state index contributed by atoms with van der Waals surface area (Å²) >= 11 is 0. The first kappa shape index (κ1) is 21.7. The highest BCUT2D eigenvalue weighted by molar-refractivity contribution is 6.08. The Morgan fingerprint density at radius 3 is 2.59 bits per heavy atom. The number of ether oxygens (including phenoxy) is 1. The number of aromatic nitrogens is 2. The summed E-state index contributed by atoms with van der Waals surface area (Å²) in [6, 6.07) is 21.0. The lowest BCUT2D eigenvalue weighted by Crippen LogP contribution is -2.37. The number of fused-ring (bicyclic) bond motifs is 1. The molecule has 1 aliphatic heterocycles. The lowest BCUT2D eigenvalue weighted by molar-refractivity contribution is 0.102. The fourth-order valence-electron chi connectivity index (χ4n) is 4.16. The second-order valence-electron chi connectivity index (χ2n) is 8.13. The van der Waals surface area contributed by atoms with Crippen molar-refractivity contribution in [3.8, 4) is 5.69 Å². The molecule has 1 aromatic heterocycles. The quantitative estimate of drug-likeness (QED) is 0.266. The summed E-state index contributed by atoms with van der Waals surface area (Å²) < 4.78 is 7.29. The molecule has 1 aliphatic rings. The van der Waals surface area contributed by atoms with Crippen molar-refractivity contribution in [1.29, 1.82) is 0 Å². The van der Waals surface area contributed by atoms with E-state index in [-0.39, 0.29) is 5.91 Å². The molecule has 172 valence electrons. The molecule has 8 nitrogen and oxygen atoms in total. The molecule has 0 aliphatic carbocycles. The molecule has 0 bridgehead atoms. The van der Waals surface area contributed by atoms with Gasteiger partial charge in [0.25, 0.3) is 5.91 Å². The summed E-state index contributed by atoms with van der Waals surface area (Å²) in [4.78, 5) is 15.3. The van der Waals surface area contributed by atoms with Gasteiger partial charge in [-0.3, -0.25) is 4.79 Å². The number of hydrogen-bond acceptors (Lipinski definition) is 6. The number of oxime groups is 1. The molecule has 0 spiro atoms. The average Bonchev–Trinajstić information content (AvgIpc) is 3.32. The van der Waals surface area contributed by atoms with Gasteiger partial charge in [0.1, 0.15) is 0 Å². The summed E-state index contributed by atoms with van der Waals surface area (Å²) in [5, 5.41) is 20.7. The molecule has 1 fully saturated rings. The van der Waals surface area contributed by atoms with E-state index in [1.807, 2.05) is 71.4 Å². The molecule has 8 heteroatoms. The van der Waals surface area contributed by atoms with Crippen LogP contribution in [0.2, 0.25) is 0 Å². The van der Waals surface area contributed by atoms with Crippen LogP contribution in [-0.4, -0.2) is 52.9 Å². The van der Waals surface area contributed by atoms with Gasteiger partial charge in [0, 0.05) is 29.9 Å². The maximum atomic E-state index is 13.1. The Kier molecular flexibility index (Phi) is 5.97. The summed E-state index contributed by atoms with van der Waals surface area (Å²) in [6.07, 6.45) is 1.78. The van der Waals surface area contributed by atoms with Gasteiger partial charge in [-0.25, -0.2) is 4.68 Å². The molecule has 5 rings (SSSR count). The van der Waals surface area contributed by atoms with Crippen LogP contribution < -0.4 is 10.2 Å². The number of anilines is 2. The van der Waals surface area contributed by atoms with Gasteiger partial charge in [0.05, 0.1) is 41.9 Å². The molecule has 3 aromatic carbocycles. The monoisotopic (exact) mass is 455 g/mol. The standard InChI is InChI=1S/C26H25N5O3/c1-18(29-33)19-6-9-22(10-7-19)31-24-11-8-21(16-20(24)17-27-31)28-26(32)23-4-2-3-5-25(23)30-12-14-34-15-13-30/h2-11,16-17,33H,12-15H2,1H3,(H,28,32). The Labute approximate surface area is 197 Å². The van der Waals surface area contributed by atoms with E-state index in [0.717, 1.165) is 40.9 Å². The van der Waals surface area contributed by atoms with Crippen molar-refractivity contribution in [1.82, 2.24) is 9.78 Å². The Hall–Kier alpha value is -4.17. The van der Waals surface area contributed by atoms with Crippen molar-refractivity contribution in [3.63, 3.8) is 0 Å². The van der Waals surface area contributed by atoms with Crippen molar-refractivity contribution in [3.05, 3.63) is 84.1 Å². The van der Waals surface area contributed by atoms with E-state index in [2.05, 4.69) is 20.5 Å². The Balaban J connectivity index is 1.38. The highest BCUT2D eigenvalue weighted by Crippen LogP contribution is 2.25. The lowest BCUT2D eigenvalue weighted by Gasteiger charge is -2.30. The van der Waals surface area contributed by atoms with E-state index in [1.165, 1.54) is 0 Å². The zero-order valence-electron chi connectivity index (χ0n) is 18.8. The molecule has 2 heterocycles. The van der Waals surface area contributed by atoms with Crippen molar-refractivity contribution in [2.24, 2.45) is 5.16 Å². The summed E-state index contributed by atoms with van der Waals surface area (Å²) in [5.41, 5.74) is 5.47. The zero-order chi connectivity index (χ0) is 23.5. The molecule has 0 unspecified atom stereocenters. The number of para-hydroxylation sites is 1. The van der Waals surface area contributed by atoms with Crippen LogP contribution in [0.5, 0.6) is 0 Å². The van der Waals surface area contributed by atoms with Gasteiger partial charge in [-0.15, -0.1) is 0 Å². The topological polar surface area (TPSA) is 92.0 Å². The van der Waals surface area contributed by atoms with Crippen LogP contribution in [0.4, 0.5) is 11.4 Å². The number of carbonyl (C=O) groups is 1. The Bertz CT molecular complexity index is 1350. The number of hydrogen-bond donors (Lipinski definition) is 2. The molecule has 0 saturated carbocycles. The van der Waals surface area contributed by atoms with Gasteiger partial charge in [0.2, 0.25) is 0 Å². The van der Waals surface area contributed by atoms with Gasteiger partial charge in [-0.05, 0) is 55.0 Å². The first-order valence-electron chi connectivity index (χ1n) is 11.1. The molecular formula is C26H25N5O3. The number of amides is 1. The third-order valence-electron chi connectivity index (χ3n) is 6.01. The van der Waals surface area contributed by atoms with Crippen LogP contribution in [0.3, 0.4) is 0 Å². The van der Waals surface area contributed by atoms with Crippen LogP contribution in [0.15, 0.2) is 78.1 Å². The summed E-state index contributed by atoms with van der Waals surface area (Å²) in [7, 11) is 0. The smallest absolute Gasteiger partial charge is 0.257 e. The molecule has 34 heavy (non-hydrogen) atoms. The van der Waals surface area contributed by atoms with Crippen LogP contribution in [0.25, 0.3) is 16.6 Å². The normalized spacial score (nSPS) is 14.4. The third kappa shape index (κ3) is 4.23. The minimum absolute atomic E-state index is 0.148. The predicted octanol–water partition coefficient (Wildman–Crippen LogP) is 4.31. The number of carbonyl (C=O) groups excluding carboxylic acids is 1. The second kappa shape index (κ2) is 9.36. The van der Waals surface area contributed by atoms with Crippen LogP contribution in [0.1, 0.15) is 22.8 Å². The first-order chi connectivity index (χ1) is 16.6. The number of rotatable bonds is 5. The van der Waals surface area contributed by atoms with Gasteiger partial charge in [0.15, 0.2) is 0 Å². The molecule has 0 radical (unpaired) electrons. The summed E-state index contributed by atoms with van der Waals surface area (Å²) in [5.74, 6) is -0.148. The summed E-state index contributed by atoms with van der Waals surface area (Å²) in [6.45, 7) is 4.60. The first-order valence-corrected chi connectivity index (χ1v) is 11.1. The van der Waals surface area contributed by atoms with E-state index in [9.17, 15) is 4.79 Å². The number of nitrogens with zero attached hydrogens (tertiary/aromatic N) is 4. The minimum Gasteiger partial charge on any atom is -0.411 e. The zero-order valence-corrected chi connectivity index (χ0v) is 18.8. The highest BCUT2D eigenvalue weighted by atomic mass is 16.5. The van der Waals surface area contributed by atoms with E-state index in [1.54, 1.807) is 13.1 Å². The number of morpholine rings is 1. The lowest BCUT2D eigenvalue weighted by atomic mass is 10.1. The maximum absolute atomic E-state index is 13.1. The van der Waals surface area contributed by atoms with E-state index < -0.39 is 0 Å². The molecule has 1 amide bonds. The minimum atomic E-state index is -0.148. The van der Waals surface area contributed by atoms with Gasteiger partial charge < -0.3 is 20.2 Å². The SMILES string of the molecule is CC(=NO)c1ccc(-n2ncc3cc(NC(=O)c4ccccc4N4CCOCC4)ccc32)cc1. The van der Waals surface area contributed by atoms with Gasteiger partial charge in [-0.1, -0.05) is 29.4 Å². The second-order valence-corrected chi connectivity index (χ2v) is 8.13. The van der Waals surface area contributed by atoms with E-state index in [0.29, 0.717) is 30.2 Å². The highest BCUT2D eigenvalue weighted by Gasteiger charge is 2.19. The van der Waals surface area contributed by atoms with Crippen molar-refractivity contribution in [2.45, 2.75) is 6.92 Å². The Morgan fingerprint density at radius 1 is 1.06 bits per heavy atom. The fourth-order valence-corrected chi connectivity index (χ4v) is 4.16. The molecule has 1 saturated heterocycles. The maximum Gasteiger partial charge on any atom is 0.257 e. The third-order valence-corrected chi connectivity index (χ3v) is 6.01. The number of benzene rings is 3. The van der Waals surface area contributed by atoms with Gasteiger partial charge in [-0.2, -0.15) is 5.10 Å². The molecule has 4 aromatic rings. The largest absolute Gasteiger partial charge is 0.411 e. The van der Waals surface area contributed by atoms with Crippen molar-refractivity contribution >= 4 is 33.9 Å².